The number of rotatable bonds is 6. The van der Waals surface area contributed by atoms with Crippen LogP contribution in [0.1, 0.15) is 32.9 Å². The van der Waals surface area contributed by atoms with Crippen molar-refractivity contribution in [2.75, 3.05) is 0 Å². The first kappa shape index (κ1) is 19.7. The minimum Gasteiger partial charge on any atom is -0.308 e. The molecule has 0 fully saturated rings. The number of hydrogen-bond acceptors (Lipinski definition) is 11. The van der Waals surface area contributed by atoms with E-state index in [1.165, 1.54) is 4.57 Å². The topological polar surface area (TPSA) is 133 Å². The summed E-state index contributed by atoms with van der Waals surface area (Å²) in [5, 5.41) is 33.4. The summed E-state index contributed by atoms with van der Waals surface area (Å²) in [7, 11) is 0. The maximum absolute atomic E-state index is 12.6. The Morgan fingerprint density at radius 1 is 1.25 bits per heavy atom. The number of ketones is 1. The number of imidazole rings is 1. The summed E-state index contributed by atoms with van der Waals surface area (Å²) in [5.41, 5.74) is 0.322. The van der Waals surface area contributed by atoms with Gasteiger partial charge in [0, 0.05) is 5.56 Å². The van der Waals surface area contributed by atoms with Gasteiger partial charge in [0.2, 0.25) is 0 Å². The number of thiol groups is 2. The summed E-state index contributed by atoms with van der Waals surface area (Å²) in [4.78, 5) is 16.7. The predicted molar refractivity (Wildman–Crippen MR) is 106 cm³/mol. The highest BCUT2D eigenvalue weighted by atomic mass is 32.2. The molecule has 28 heavy (non-hydrogen) atoms. The van der Waals surface area contributed by atoms with E-state index in [0.29, 0.717) is 9.90 Å². The lowest BCUT2D eigenvalue weighted by molar-refractivity contribution is 0.0970. The first-order valence-corrected chi connectivity index (χ1v) is 9.41. The number of benzene rings is 1. The zero-order chi connectivity index (χ0) is 20.1. The van der Waals surface area contributed by atoms with E-state index in [9.17, 15) is 15.3 Å². The fraction of sp³-hybridized carbons (Fsp3) is 0.125. The molecule has 0 amide bonds. The van der Waals surface area contributed by atoms with Gasteiger partial charge in [-0.15, -0.1) is 40.6 Å². The van der Waals surface area contributed by atoms with Crippen LogP contribution in [0.25, 0.3) is 0 Å². The third-order valence-electron chi connectivity index (χ3n) is 3.49. The zero-order valence-electron chi connectivity index (χ0n) is 14.0. The third-order valence-corrected chi connectivity index (χ3v) is 4.80. The molecule has 3 aromatic rings. The third kappa shape index (κ3) is 4.26. The van der Waals surface area contributed by atoms with Crippen LogP contribution in [-0.2, 0) is 6.54 Å². The fourth-order valence-corrected chi connectivity index (χ4v) is 3.23. The van der Waals surface area contributed by atoms with Gasteiger partial charge in [-0.1, -0.05) is 41.7 Å². The molecule has 138 valence electrons. The van der Waals surface area contributed by atoms with Crippen LogP contribution in [0.2, 0.25) is 0 Å². The molecule has 0 saturated carbocycles. The van der Waals surface area contributed by atoms with E-state index in [1.54, 1.807) is 30.3 Å². The molecule has 0 N–H and O–H groups in total. The summed E-state index contributed by atoms with van der Waals surface area (Å²) in [5.74, 6) is -0.0957. The van der Waals surface area contributed by atoms with E-state index in [-0.39, 0.29) is 34.7 Å². The molecular formula is C16H10N8OS3. The van der Waals surface area contributed by atoms with E-state index < -0.39 is 5.37 Å². The predicted octanol–water partition coefficient (Wildman–Crippen LogP) is 3.36. The molecule has 0 saturated heterocycles. The molecule has 9 nitrogen and oxygen atoms in total. The molecule has 3 rings (SSSR count). The summed E-state index contributed by atoms with van der Waals surface area (Å²) in [6.45, 7) is -0.191. The first-order chi connectivity index (χ1) is 13.5. The normalized spacial score (nSPS) is 11.9. The van der Waals surface area contributed by atoms with Gasteiger partial charge in [0.1, 0.15) is 18.0 Å². The van der Waals surface area contributed by atoms with E-state index in [1.807, 2.05) is 12.1 Å². The quantitative estimate of drug-likeness (QED) is 0.353. The number of hydrogen-bond donors (Lipinski definition) is 2. The molecule has 0 radical (unpaired) electrons. The molecule has 0 spiro atoms. The highest BCUT2D eigenvalue weighted by Gasteiger charge is 2.23. The molecule has 1 atom stereocenters. The Hall–Kier alpha value is -3.06. The van der Waals surface area contributed by atoms with Crippen molar-refractivity contribution in [3.05, 3.63) is 53.1 Å². The van der Waals surface area contributed by atoms with E-state index >= 15 is 0 Å². The molecular weight excluding hydrogens is 416 g/mol. The van der Waals surface area contributed by atoms with E-state index in [4.69, 9.17) is 0 Å². The number of nitrogens with zero attached hydrogens (tertiary/aromatic N) is 8. The number of carbonyl (C=O) groups is 1. The Balaban J connectivity index is 1.95. The van der Waals surface area contributed by atoms with Crippen molar-refractivity contribution >= 4 is 47.5 Å². The Bertz CT molecular complexity index is 1120. The molecule has 0 aliphatic carbocycles. The van der Waals surface area contributed by atoms with Gasteiger partial charge in [0.15, 0.2) is 26.9 Å². The van der Waals surface area contributed by atoms with Gasteiger partial charge in [-0.25, -0.2) is 4.98 Å². The first-order valence-electron chi connectivity index (χ1n) is 7.63. The van der Waals surface area contributed by atoms with Crippen molar-refractivity contribution in [2.24, 2.45) is 10.2 Å². The van der Waals surface area contributed by atoms with Gasteiger partial charge in [0.25, 0.3) is 5.13 Å². The van der Waals surface area contributed by atoms with Crippen LogP contribution >= 0.6 is 36.6 Å². The molecule has 1 aromatic carbocycles. The molecule has 1 unspecified atom stereocenters. The SMILES string of the molecule is N#Cc1nc(C(S)/N=N/c2nnc(S)s2)n(CC(=O)c2ccccc2)c1C#N. The van der Waals surface area contributed by atoms with Gasteiger partial charge in [-0.3, -0.25) is 4.79 Å². The molecule has 0 aliphatic rings. The smallest absolute Gasteiger partial charge is 0.252 e. The Morgan fingerprint density at radius 3 is 2.61 bits per heavy atom. The van der Waals surface area contributed by atoms with Crippen LogP contribution in [0, 0.1) is 22.7 Å². The van der Waals surface area contributed by atoms with Crippen molar-refractivity contribution in [3.63, 3.8) is 0 Å². The van der Waals surface area contributed by atoms with Crippen LogP contribution in [-0.4, -0.2) is 25.5 Å². The molecule has 0 aliphatic heterocycles. The number of carbonyl (C=O) groups excluding carboxylic acids is 1. The monoisotopic (exact) mass is 426 g/mol. The van der Waals surface area contributed by atoms with Gasteiger partial charge in [0.05, 0.1) is 6.54 Å². The fourth-order valence-electron chi connectivity index (χ4n) is 2.28. The lowest BCUT2D eigenvalue weighted by atomic mass is 10.1. The van der Waals surface area contributed by atoms with Crippen molar-refractivity contribution in [1.29, 1.82) is 10.5 Å². The van der Waals surface area contributed by atoms with E-state index in [0.717, 1.165) is 11.3 Å². The van der Waals surface area contributed by atoms with E-state index in [2.05, 4.69) is 50.7 Å². The number of aromatic nitrogens is 4. The number of Topliss-reactive ketones (excluding diaryl/α,β-unsaturated/α-hetero) is 1. The second-order valence-corrected chi connectivity index (χ2v) is 7.39. The summed E-state index contributed by atoms with van der Waals surface area (Å²) >= 11 is 9.50. The van der Waals surface area contributed by atoms with Gasteiger partial charge >= 0.3 is 0 Å². The molecule has 0 bridgehead atoms. The Morgan fingerprint density at radius 2 is 2.00 bits per heavy atom. The largest absolute Gasteiger partial charge is 0.308 e. The summed E-state index contributed by atoms with van der Waals surface area (Å²) < 4.78 is 1.76. The van der Waals surface area contributed by atoms with Crippen molar-refractivity contribution < 1.29 is 4.79 Å². The second kappa shape index (κ2) is 8.75. The maximum Gasteiger partial charge on any atom is 0.252 e. The van der Waals surface area contributed by atoms with Crippen LogP contribution < -0.4 is 0 Å². The van der Waals surface area contributed by atoms with Gasteiger partial charge < -0.3 is 4.57 Å². The standard InChI is InChI=1S/C16H10N8OS3/c17-6-10-11(7-18)24(8-12(25)9-4-2-1-3-5-9)13(19-10)14(26)20-21-15-22-23-16(27)28-15/h1-5,14,26H,8H2,(H,23,27)/b21-20+. The minimum absolute atomic E-state index is 0.0374. The second-order valence-electron chi connectivity index (χ2n) is 5.22. The number of nitriles is 2. The van der Waals surface area contributed by atoms with Crippen molar-refractivity contribution in [3.8, 4) is 12.1 Å². The van der Waals surface area contributed by atoms with Gasteiger partial charge in [-0.05, 0) is 0 Å². The lowest BCUT2D eigenvalue weighted by Gasteiger charge is -2.10. The average molecular weight is 427 g/mol. The van der Waals surface area contributed by atoms with Crippen LogP contribution in [0.5, 0.6) is 0 Å². The highest BCUT2D eigenvalue weighted by Crippen LogP contribution is 2.28. The Kier molecular flexibility index (Phi) is 6.16. The van der Waals surface area contributed by atoms with Crippen LogP contribution in [0.15, 0.2) is 44.9 Å². The highest BCUT2D eigenvalue weighted by molar-refractivity contribution is 7.82. The van der Waals surface area contributed by atoms with Crippen LogP contribution in [0.3, 0.4) is 0 Å². The maximum atomic E-state index is 12.6. The summed E-state index contributed by atoms with van der Waals surface area (Å²) in [6.07, 6.45) is 0. The van der Waals surface area contributed by atoms with Crippen molar-refractivity contribution in [2.45, 2.75) is 16.3 Å². The number of azo groups is 1. The lowest BCUT2D eigenvalue weighted by Crippen LogP contribution is -2.15. The average Bonchev–Trinajstić information content (AvgIpc) is 3.29. The molecule has 12 heteroatoms. The van der Waals surface area contributed by atoms with Crippen molar-refractivity contribution in [1.82, 2.24) is 19.7 Å². The van der Waals surface area contributed by atoms with Gasteiger partial charge in [-0.2, -0.15) is 15.6 Å². The summed E-state index contributed by atoms with van der Waals surface area (Å²) in [6, 6.07) is 12.4. The minimum atomic E-state index is -0.926. The zero-order valence-corrected chi connectivity index (χ0v) is 16.6. The Labute approximate surface area is 174 Å². The molecule has 2 heterocycles. The van der Waals surface area contributed by atoms with Crippen LogP contribution in [0.4, 0.5) is 5.13 Å². The molecule has 2 aromatic heterocycles.